The van der Waals surface area contributed by atoms with Gasteiger partial charge in [0.25, 0.3) is 0 Å². The Hall–Kier alpha value is -8.00. The van der Waals surface area contributed by atoms with Crippen LogP contribution in [-0.2, 0) is 0 Å². The Morgan fingerprint density at radius 1 is 0.258 bits per heavy atom. The summed E-state index contributed by atoms with van der Waals surface area (Å²) in [5.41, 5.74) is 13.8. The van der Waals surface area contributed by atoms with E-state index < -0.39 is 0 Å². The molecule has 12 aromatic carbocycles. The van der Waals surface area contributed by atoms with Crippen LogP contribution < -0.4 is 0 Å². The number of benzene rings is 12. The maximum absolute atomic E-state index is 2.51. The second-order valence-corrected chi connectivity index (χ2v) is 19.7. The van der Waals surface area contributed by atoms with Crippen molar-refractivity contribution in [2.75, 3.05) is 0 Å². The normalized spacial score (nSPS) is 11.9. The average molecular weight is 901 g/mol. The van der Waals surface area contributed by atoms with Gasteiger partial charge in [0.2, 0.25) is 0 Å². The summed E-state index contributed by atoms with van der Waals surface area (Å²) < 4.78 is 5.31. The molecule has 14 rings (SSSR count). The molecule has 0 aliphatic heterocycles. The van der Waals surface area contributed by atoms with E-state index in [4.69, 9.17) is 0 Å². The Morgan fingerprint density at radius 2 is 0.712 bits per heavy atom. The van der Waals surface area contributed by atoms with E-state index >= 15 is 0 Å². The Labute approximate surface area is 387 Å². The predicted molar refractivity (Wildman–Crippen MR) is 285 cm³/mol. The second-order valence-electron chi connectivity index (χ2n) is 17.5. The molecule has 0 fully saturated rings. The van der Waals surface area contributed by atoms with Crippen LogP contribution in [0.5, 0.6) is 0 Å². The van der Waals surface area contributed by atoms with Gasteiger partial charge < -0.3 is 0 Å². The van der Waals surface area contributed by atoms with Crippen molar-refractivity contribution in [2.45, 2.75) is 0 Å². The molecule has 1 nitrogen and oxygen atoms in total. The molecule has 0 N–H and O–H groups in total. The van der Waals surface area contributed by atoms with E-state index in [-0.39, 0.29) is 14.5 Å². The molecule has 0 saturated carbocycles. The molecule has 0 radical (unpaired) electrons. The summed E-state index contributed by atoms with van der Waals surface area (Å²) in [5, 5.41) is 15.5. The standard InChI is InChI=1S/C64H39NSe/c1-3-18-40(19-4-1)60-45-22-7-9-24-47(45)61(48-25-10-8-23-46(48)60)41-35-37-58-55(38-41)44-36-34-42(39-59(44)66-58)62-49-26-11-13-28-51(49)63(52-29-14-12-27-50(52)62)54-31-17-33-57-64(54)53-30-15-16-32-56(53)65(57)43-20-5-2-6-21-43/h1-39H. The molecule has 2 aromatic heterocycles. The molecule has 2 heteroatoms. The van der Waals surface area contributed by atoms with E-state index in [1.807, 2.05) is 0 Å². The van der Waals surface area contributed by atoms with E-state index in [0.717, 1.165) is 0 Å². The number of para-hydroxylation sites is 2. The molecule has 0 saturated heterocycles. The number of rotatable bonds is 5. The third kappa shape index (κ3) is 5.53. The van der Waals surface area contributed by atoms with E-state index in [9.17, 15) is 0 Å². The minimum absolute atomic E-state index is 0.175. The van der Waals surface area contributed by atoms with Crippen LogP contribution in [0.2, 0.25) is 0 Å². The monoisotopic (exact) mass is 901 g/mol. The topological polar surface area (TPSA) is 4.93 Å². The van der Waals surface area contributed by atoms with Crippen molar-refractivity contribution >= 4 is 98.7 Å². The zero-order chi connectivity index (χ0) is 43.3. The van der Waals surface area contributed by atoms with E-state index in [1.54, 1.807) is 0 Å². The van der Waals surface area contributed by atoms with Gasteiger partial charge in [-0.1, -0.05) is 24.3 Å². The number of hydrogen-bond acceptors (Lipinski definition) is 0. The summed E-state index contributed by atoms with van der Waals surface area (Å²) in [7, 11) is 0. The fraction of sp³-hybridized carbons (Fsp3) is 0. The van der Waals surface area contributed by atoms with Gasteiger partial charge in [-0.15, -0.1) is 0 Å². The molecule has 0 atom stereocenters. The summed E-state index contributed by atoms with van der Waals surface area (Å²) in [6.45, 7) is 0. The zero-order valence-corrected chi connectivity index (χ0v) is 37.6. The Kier molecular flexibility index (Phi) is 8.37. The molecule has 306 valence electrons. The first-order valence-corrected chi connectivity index (χ1v) is 24.5. The number of hydrogen-bond donors (Lipinski definition) is 0. The van der Waals surface area contributed by atoms with Crippen molar-refractivity contribution in [3.63, 3.8) is 0 Å². The summed E-state index contributed by atoms with van der Waals surface area (Å²) in [5.74, 6) is 0. The van der Waals surface area contributed by atoms with Gasteiger partial charge in [-0.05, 0) is 12.1 Å². The van der Waals surface area contributed by atoms with Crippen molar-refractivity contribution in [3.8, 4) is 50.2 Å². The first kappa shape index (κ1) is 37.4. The molecule has 0 aliphatic rings. The van der Waals surface area contributed by atoms with E-state index in [2.05, 4.69) is 241 Å². The quantitative estimate of drug-likeness (QED) is 0.120. The van der Waals surface area contributed by atoms with Gasteiger partial charge in [0.05, 0.1) is 0 Å². The van der Waals surface area contributed by atoms with Crippen molar-refractivity contribution < 1.29 is 0 Å². The number of aromatic nitrogens is 1. The molecule has 14 aromatic rings. The van der Waals surface area contributed by atoms with Gasteiger partial charge in [-0.2, -0.15) is 0 Å². The van der Waals surface area contributed by atoms with Gasteiger partial charge in [-0.3, -0.25) is 0 Å². The molecule has 0 unspecified atom stereocenters. The number of nitrogens with zero attached hydrogens (tertiary/aromatic N) is 1. The first-order chi connectivity index (χ1) is 32.8. The second kappa shape index (κ2) is 14.8. The van der Waals surface area contributed by atoms with Gasteiger partial charge in [0, 0.05) is 0 Å². The van der Waals surface area contributed by atoms with Crippen LogP contribution in [-0.4, -0.2) is 19.1 Å². The Bertz CT molecular complexity index is 4160. The fourth-order valence-corrected chi connectivity index (χ4v) is 13.6. The fourth-order valence-electron chi connectivity index (χ4n) is 11.3. The Balaban J connectivity index is 0.968. The van der Waals surface area contributed by atoms with Gasteiger partial charge in [-0.25, -0.2) is 0 Å². The van der Waals surface area contributed by atoms with Gasteiger partial charge in [0.1, 0.15) is 0 Å². The van der Waals surface area contributed by atoms with Crippen LogP contribution in [0.15, 0.2) is 237 Å². The van der Waals surface area contributed by atoms with Gasteiger partial charge >= 0.3 is 354 Å². The van der Waals surface area contributed by atoms with Crippen molar-refractivity contribution in [3.05, 3.63) is 237 Å². The summed E-state index contributed by atoms with van der Waals surface area (Å²) in [6.07, 6.45) is 0. The van der Waals surface area contributed by atoms with Crippen LogP contribution >= 0.6 is 0 Å². The third-order valence-electron chi connectivity index (χ3n) is 14.0. The van der Waals surface area contributed by atoms with Crippen LogP contribution in [0.25, 0.3) is 134 Å². The summed E-state index contributed by atoms with van der Waals surface area (Å²) >= 11 is 0.175. The average Bonchev–Trinajstić information content (AvgIpc) is 3.93. The van der Waals surface area contributed by atoms with Gasteiger partial charge in [0.15, 0.2) is 0 Å². The summed E-state index contributed by atoms with van der Waals surface area (Å²) in [4.78, 5) is 0. The van der Waals surface area contributed by atoms with Crippen LogP contribution in [0.3, 0.4) is 0 Å². The summed E-state index contributed by atoms with van der Waals surface area (Å²) in [6, 6.07) is 88.1. The molecule has 0 aliphatic carbocycles. The number of fused-ring (bicyclic) bond motifs is 10. The van der Waals surface area contributed by atoms with Crippen molar-refractivity contribution in [2.24, 2.45) is 0 Å². The molecule has 0 amide bonds. The maximum atomic E-state index is 2.51. The minimum atomic E-state index is 0.175. The van der Waals surface area contributed by atoms with E-state index in [0.29, 0.717) is 0 Å². The SMILES string of the molecule is c1ccc(-c2c3ccccc3c(-c3ccc4[se]c5cc(-c6c7ccccc7c(-c7cccc8c7c7ccccc7n8-c7ccccc7)c7ccccc67)ccc5c4c3)c3ccccc23)cc1. The molecular formula is C64H39NSe. The van der Waals surface area contributed by atoms with Crippen molar-refractivity contribution in [1.82, 2.24) is 4.57 Å². The zero-order valence-electron chi connectivity index (χ0n) is 35.9. The van der Waals surface area contributed by atoms with Crippen LogP contribution in [0.1, 0.15) is 0 Å². The predicted octanol–water partition coefficient (Wildman–Crippen LogP) is 17.4. The molecule has 2 heterocycles. The van der Waals surface area contributed by atoms with Crippen LogP contribution in [0, 0.1) is 0 Å². The third-order valence-corrected chi connectivity index (χ3v) is 16.3. The molecular weight excluding hydrogens is 862 g/mol. The Morgan fingerprint density at radius 3 is 1.30 bits per heavy atom. The van der Waals surface area contributed by atoms with E-state index in [1.165, 1.54) is 134 Å². The molecule has 0 spiro atoms. The molecule has 66 heavy (non-hydrogen) atoms. The van der Waals surface area contributed by atoms with Crippen molar-refractivity contribution in [1.29, 1.82) is 0 Å². The first-order valence-electron chi connectivity index (χ1n) is 22.8. The van der Waals surface area contributed by atoms with Crippen LogP contribution in [0.4, 0.5) is 0 Å². The molecule has 0 bridgehead atoms.